The summed E-state index contributed by atoms with van der Waals surface area (Å²) in [7, 11) is 2.85. The minimum Gasteiger partial charge on any atom is -0.479 e. The lowest BCUT2D eigenvalue weighted by Crippen LogP contribution is -2.37. The summed E-state index contributed by atoms with van der Waals surface area (Å²) in [5.74, 6) is -1.59. The summed E-state index contributed by atoms with van der Waals surface area (Å²) in [6.45, 7) is -0.144. The van der Waals surface area contributed by atoms with Gasteiger partial charge in [-0.05, 0) is 18.2 Å². The van der Waals surface area contributed by atoms with Gasteiger partial charge in [0.15, 0.2) is 6.10 Å². The van der Waals surface area contributed by atoms with E-state index in [0.717, 1.165) is 0 Å². The third-order valence-corrected chi connectivity index (χ3v) is 3.18. The maximum absolute atomic E-state index is 12.0. The average molecular weight is 293 g/mol. The minimum absolute atomic E-state index is 0.144. The van der Waals surface area contributed by atoms with Crippen LogP contribution in [0.15, 0.2) is 23.0 Å². The van der Waals surface area contributed by atoms with Gasteiger partial charge >= 0.3 is 11.7 Å². The highest BCUT2D eigenvalue weighted by Crippen LogP contribution is 2.12. The molecule has 1 amide bonds. The number of carbonyl (C=O) groups excluding carboxylic acids is 1. The van der Waals surface area contributed by atoms with E-state index in [1.54, 1.807) is 25.2 Å². The van der Waals surface area contributed by atoms with Crippen molar-refractivity contribution in [1.82, 2.24) is 14.9 Å². The van der Waals surface area contributed by atoms with E-state index in [4.69, 9.17) is 9.84 Å². The van der Waals surface area contributed by atoms with Gasteiger partial charge in [0, 0.05) is 19.7 Å². The number of imidazole rings is 1. The molecule has 1 atom stereocenters. The predicted octanol–water partition coefficient (Wildman–Crippen LogP) is -0.304. The molecule has 0 aliphatic rings. The van der Waals surface area contributed by atoms with Gasteiger partial charge < -0.3 is 20.1 Å². The molecule has 0 saturated heterocycles. The molecule has 0 aliphatic carbocycles. The van der Waals surface area contributed by atoms with Crippen molar-refractivity contribution < 1.29 is 19.4 Å². The van der Waals surface area contributed by atoms with Crippen LogP contribution in [0.4, 0.5) is 0 Å². The molecule has 1 aromatic heterocycles. The first-order valence-corrected chi connectivity index (χ1v) is 6.16. The molecule has 0 spiro atoms. The van der Waals surface area contributed by atoms with Crippen LogP contribution in [0.2, 0.25) is 0 Å². The monoisotopic (exact) mass is 293 g/mol. The topological polar surface area (TPSA) is 113 Å². The lowest BCUT2D eigenvalue weighted by molar-refractivity contribution is -0.148. The third-order valence-electron chi connectivity index (χ3n) is 3.18. The van der Waals surface area contributed by atoms with Crippen molar-refractivity contribution in [3.8, 4) is 0 Å². The number of carbonyl (C=O) groups is 2. The number of carboxylic acids is 1. The van der Waals surface area contributed by atoms with Gasteiger partial charge in [0.05, 0.1) is 17.6 Å². The van der Waals surface area contributed by atoms with Crippen LogP contribution in [0.1, 0.15) is 10.4 Å². The normalized spacial score (nSPS) is 12.3. The number of nitrogens with zero attached hydrogens (tertiary/aromatic N) is 1. The summed E-state index contributed by atoms with van der Waals surface area (Å²) in [5.41, 5.74) is 1.28. The Morgan fingerprint density at radius 3 is 2.81 bits per heavy atom. The number of rotatable bonds is 5. The van der Waals surface area contributed by atoms with E-state index >= 15 is 0 Å². The number of methoxy groups -OCH3 is 1. The number of H-pyrrole nitrogens is 1. The molecule has 112 valence electrons. The fraction of sp³-hybridized carbons (Fsp3) is 0.308. The Kier molecular flexibility index (Phi) is 4.08. The zero-order valence-corrected chi connectivity index (χ0v) is 11.5. The van der Waals surface area contributed by atoms with Gasteiger partial charge in [-0.3, -0.25) is 9.36 Å². The smallest absolute Gasteiger partial charge is 0.334 e. The van der Waals surface area contributed by atoms with Gasteiger partial charge in [-0.15, -0.1) is 0 Å². The number of benzene rings is 1. The average Bonchev–Trinajstić information content (AvgIpc) is 2.74. The summed E-state index contributed by atoms with van der Waals surface area (Å²) in [6, 6.07) is 4.73. The number of aromatic nitrogens is 2. The molecule has 0 radical (unpaired) electrons. The summed E-state index contributed by atoms with van der Waals surface area (Å²) >= 11 is 0. The maximum atomic E-state index is 12.0. The van der Waals surface area contributed by atoms with E-state index in [-0.39, 0.29) is 12.2 Å². The first-order chi connectivity index (χ1) is 9.93. The van der Waals surface area contributed by atoms with Crippen molar-refractivity contribution in [1.29, 1.82) is 0 Å². The highest BCUT2D eigenvalue weighted by Gasteiger charge is 2.18. The molecule has 1 aromatic carbocycles. The number of aromatic amines is 1. The van der Waals surface area contributed by atoms with Crippen molar-refractivity contribution in [2.45, 2.75) is 6.10 Å². The van der Waals surface area contributed by atoms with Crippen molar-refractivity contribution in [2.24, 2.45) is 7.05 Å². The maximum Gasteiger partial charge on any atom is 0.334 e. The van der Waals surface area contributed by atoms with Crippen molar-refractivity contribution >= 4 is 22.9 Å². The van der Waals surface area contributed by atoms with E-state index in [1.807, 2.05) is 0 Å². The predicted molar refractivity (Wildman–Crippen MR) is 74.3 cm³/mol. The molecule has 8 nitrogen and oxygen atoms in total. The van der Waals surface area contributed by atoms with Crippen LogP contribution in [0.25, 0.3) is 11.0 Å². The van der Waals surface area contributed by atoms with Crippen LogP contribution in [-0.4, -0.2) is 46.3 Å². The van der Waals surface area contributed by atoms with Crippen LogP contribution < -0.4 is 11.0 Å². The second-order valence-corrected chi connectivity index (χ2v) is 4.49. The van der Waals surface area contributed by atoms with Crippen molar-refractivity contribution in [2.75, 3.05) is 13.7 Å². The Labute approximate surface area is 119 Å². The second kappa shape index (κ2) is 5.80. The molecular weight excluding hydrogens is 278 g/mol. The van der Waals surface area contributed by atoms with Crippen LogP contribution in [-0.2, 0) is 16.6 Å². The van der Waals surface area contributed by atoms with E-state index in [9.17, 15) is 14.4 Å². The lowest BCUT2D eigenvalue weighted by atomic mass is 10.2. The number of nitrogens with one attached hydrogen (secondary N) is 2. The summed E-state index contributed by atoms with van der Waals surface area (Å²) in [4.78, 5) is 36.9. The lowest BCUT2D eigenvalue weighted by Gasteiger charge is -2.11. The molecule has 0 aliphatic heterocycles. The minimum atomic E-state index is -1.15. The van der Waals surface area contributed by atoms with Crippen LogP contribution in [0.5, 0.6) is 0 Å². The Morgan fingerprint density at radius 1 is 1.48 bits per heavy atom. The first kappa shape index (κ1) is 14.8. The van der Waals surface area contributed by atoms with Gasteiger partial charge in [-0.25, -0.2) is 9.59 Å². The number of hydrogen-bond acceptors (Lipinski definition) is 4. The second-order valence-electron chi connectivity index (χ2n) is 4.49. The number of ether oxygens (including phenoxy) is 1. The number of aliphatic carboxylic acids is 1. The molecule has 2 rings (SSSR count). The highest BCUT2D eigenvalue weighted by atomic mass is 16.5. The zero-order valence-electron chi connectivity index (χ0n) is 11.5. The number of carboxylic acid groups (broad SMARTS) is 1. The van der Waals surface area contributed by atoms with Crippen LogP contribution in [0, 0.1) is 0 Å². The fourth-order valence-corrected chi connectivity index (χ4v) is 1.92. The summed E-state index contributed by atoms with van der Waals surface area (Å²) < 4.78 is 6.12. The third kappa shape index (κ3) is 2.95. The first-order valence-electron chi connectivity index (χ1n) is 6.16. The summed E-state index contributed by atoms with van der Waals surface area (Å²) in [6.07, 6.45) is -1.10. The molecule has 0 bridgehead atoms. The SMILES string of the molecule is COC(CNC(=O)c1ccc2[nH]c(=O)n(C)c2c1)C(=O)O. The Morgan fingerprint density at radius 2 is 2.19 bits per heavy atom. The molecule has 2 aromatic rings. The van der Waals surface area contributed by atoms with Gasteiger partial charge in [-0.1, -0.05) is 0 Å². The quantitative estimate of drug-likeness (QED) is 0.700. The van der Waals surface area contributed by atoms with Crippen LogP contribution >= 0.6 is 0 Å². The molecule has 0 saturated carbocycles. The van der Waals surface area contributed by atoms with E-state index in [2.05, 4.69) is 10.3 Å². The molecule has 1 heterocycles. The number of hydrogen-bond donors (Lipinski definition) is 3. The number of fused-ring (bicyclic) bond motifs is 1. The number of amides is 1. The fourth-order valence-electron chi connectivity index (χ4n) is 1.92. The van der Waals surface area contributed by atoms with E-state index < -0.39 is 18.0 Å². The van der Waals surface area contributed by atoms with Crippen LogP contribution in [0.3, 0.4) is 0 Å². The molecule has 1 unspecified atom stereocenters. The Bertz CT molecular complexity index is 746. The standard InChI is InChI=1S/C13H15N3O5/c1-16-9-5-7(3-4-8(9)15-13(16)20)11(17)14-6-10(21-2)12(18)19/h3-5,10H,6H2,1-2H3,(H,14,17)(H,15,20)(H,18,19). The Hall–Kier alpha value is -2.61. The van der Waals surface area contributed by atoms with E-state index in [1.165, 1.54) is 11.7 Å². The van der Waals surface area contributed by atoms with E-state index in [0.29, 0.717) is 16.6 Å². The van der Waals surface area contributed by atoms with Gasteiger partial charge in [0.25, 0.3) is 5.91 Å². The zero-order chi connectivity index (χ0) is 15.6. The molecule has 8 heteroatoms. The Balaban J connectivity index is 2.18. The molecular formula is C13H15N3O5. The van der Waals surface area contributed by atoms with Crippen molar-refractivity contribution in [3.63, 3.8) is 0 Å². The van der Waals surface area contributed by atoms with Gasteiger partial charge in [-0.2, -0.15) is 0 Å². The van der Waals surface area contributed by atoms with Gasteiger partial charge in [0.2, 0.25) is 0 Å². The number of aryl methyl sites for hydroxylation is 1. The van der Waals surface area contributed by atoms with Gasteiger partial charge in [0.1, 0.15) is 0 Å². The van der Waals surface area contributed by atoms with Crippen molar-refractivity contribution in [3.05, 3.63) is 34.2 Å². The summed E-state index contributed by atoms with van der Waals surface area (Å²) in [5, 5.41) is 11.3. The highest BCUT2D eigenvalue weighted by molar-refractivity contribution is 5.97. The molecule has 21 heavy (non-hydrogen) atoms. The largest absolute Gasteiger partial charge is 0.479 e. The molecule has 0 fully saturated rings. The molecule has 3 N–H and O–H groups in total.